The van der Waals surface area contributed by atoms with Crippen molar-refractivity contribution in [3.8, 4) is 16.9 Å². The standard InChI is InChI=1S/C34H35N3O3/c1-5-35(6-2)25-18-19-29(30(22-25)39-8-4)34(28-17-13-12-16-26(28)33(38)40-34)32-27(24-14-10-9-11-15-24)23-31-36(7-3)20-21-37(31)32/h9-23H,5-8H2,1-4H3. The number of imidazole rings is 1. The molecule has 6 heteroatoms. The Hall–Kier alpha value is -4.45. The van der Waals surface area contributed by atoms with Gasteiger partial charge in [0.15, 0.2) is 0 Å². The number of hydrogen-bond acceptors (Lipinski definition) is 4. The molecule has 1 aliphatic heterocycles. The Morgan fingerprint density at radius 1 is 0.825 bits per heavy atom. The van der Waals surface area contributed by atoms with Crippen LogP contribution in [0.1, 0.15) is 54.9 Å². The van der Waals surface area contributed by atoms with E-state index in [9.17, 15) is 4.79 Å². The van der Waals surface area contributed by atoms with Gasteiger partial charge in [0.25, 0.3) is 0 Å². The van der Waals surface area contributed by atoms with E-state index >= 15 is 0 Å². The Labute approximate surface area is 235 Å². The molecule has 5 aromatic rings. The minimum Gasteiger partial charge on any atom is -0.493 e. The van der Waals surface area contributed by atoms with Gasteiger partial charge in [0, 0.05) is 60.5 Å². The van der Waals surface area contributed by atoms with Gasteiger partial charge in [-0.3, -0.25) is 0 Å². The summed E-state index contributed by atoms with van der Waals surface area (Å²) in [4.78, 5) is 15.9. The van der Waals surface area contributed by atoms with Crippen LogP contribution in [0.5, 0.6) is 5.75 Å². The third kappa shape index (κ3) is 3.81. The van der Waals surface area contributed by atoms with E-state index in [0.29, 0.717) is 17.9 Å². The lowest BCUT2D eigenvalue weighted by Crippen LogP contribution is -2.32. The van der Waals surface area contributed by atoms with E-state index < -0.39 is 5.60 Å². The number of anilines is 1. The lowest BCUT2D eigenvalue weighted by Gasteiger charge is -2.33. The molecule has 0 aliphatic carbocycles. The molecule has 2 aromatic heterocycles. The lowest BCUT2D eigenvalue weighted by molar-refractivity contribution is 0.0231. The van der Waals surface area contributed by atoms with Crippen molar-refractivity contribution in [2.24, 2.45) is 0 Å². The predicted molar refractivity (Wildman–Crippen MR) is 159 cm³/mol. The Kier molecular flexibility index (Phi) is 6.62. The van der Waals surface area contributed by atoms with Crippen LogP contribution >= 0.6 is 0 Å². The van der Waals surface area contributed by atoms with Crippen LogP contribution in [-0.2, 0) is 16.9 Å². The largest absolute Gasteiger partial charge is 0.493 e. The van der Waals surface area contributed by atoms with Crippen LogP contribution in [0, 0.1) is 0 Å². The topological polar surface area (TPSA) is 48.1 Å². The van der Waals surface area contributed by atoms with Crippen molar-refractivity contribution in [2.75, 3.05) is 24.6 Å². The molecule has 0 fully saturated rings. The first-order valence-electron chi connectivity index (χ1n) is 14.2. The highest BCUT2D eigenvalue weighted by molar-refractivity contribution is 5.97. The highest BCUT2D eigenvalue weighted by Gasteiger charge is 2.53. The quantitative estimate of drug-likeness (QED) is 0.189. The third-order valence-corrected chi connectivity index (χ3v) is 8.01. The van der Waals surface area contributed by atoms with Crippen LogP contribution in [0.4, 0.5) is 5.69 Å². The number of fused-ring (bicyclic) bond motifs is 2. The molecule has 0 radical (unpaired) electrons. The predicted octanol–water partition coefficient (Wildman–Crippen LogP) is 7.13. The Bertz CT molecular complexity index is 1680. The maximum absolute atomic E-state index is 13.6. The summed E-state index contributed by atoms with van der Waals surface area (Å²) in [6, 6.07) is 26.6. The molecule has 3 heterocycles. The van der Waals surface area contributed by atoms with Gasteiger partial charge in [-0.15, -0.1) is 0 Å². The molecule has 0 bridgehead atoms. The number of carbonyl (C=O) groups is 1. The van der Waals surface area contributed by atoms with Gasteiger partial charge in [-0.2, -0.15) is 0 Å². The summed E-state index contributed by atoms with van der Waals surface area (Å²) in [5.41, 5.74) is 6.04. The summed E-state index contributed by atoms with van der Waals surface area (Å²) < 4.78 is 17.4. The number of benzene rings is 3. The smallest absolute Gasteiger partial charge is 0.340 e. The number of esters is 1. The number of cyclic esters (lactones) is 1. The Morgan fingerprint density at radius 3 is 2.30 bits per heavy atom. The molecule has 1 aliphatic rings. The summed E-state index contributed by atoms with van der Waals surface area (Å²) in [7, 11) is 0. The number of aryl methyl sites for hydroxylation is 1. The first kappa shape index (κ1) is 25.8. The zero-order chi connectivity index (χ0) is 27.9. The van der Waals surface area contributed by atoms with Crippen LogP contribution in [0.25, 0.3) is 16.8 Å². The van der Waals surface area contributed by atoms with Gasteiger partial charge in [-0.1, -0.05) is 48.5 Å². The second-order valence-corrected chi connectivity index (χ2v) is 9.99. The molecule has 204 valence electrons. The molecule has 0 saturated carbocycles. The molecule has 1 atom stereocenters. The number of rotatable bonds is 9. The van der Waals surface area contributed by atoms with Gasteiger partial charge in [-0.05, 0) is 57.5 Å². The first-order chi connectivity index (χ1) is 19.6. The highest BCUT2D eigenvalue weighted by atomic mass is 16.6. The van der Waals surface area contributed by atoms with Crippen LogP contribution < -0.4 is 9.64 Å². The van der Waals surface area contributed by atoms with Gasteiger partial charge in [-0.25, -0.2) is 4.79 Å². The normalized spacial score (nSPS) is 16.2. The maximum Gasteiger partial charge on any atom is 0.340 e. The molecule has 40 heavy (non-hydrogen) atoms. The minimum absolute atomic E-state index is 0.338. The van der Waals surface area contributed by atoms with Gasteiger partial charge < -0.3 is 23.3 Å². The van der Waals surface area contributed by atoms with E-state index in [-0.39, 0.29) is 5.97 Å². The maximum atomic E-state index is 13.6. The zero-order valence-corrected chi connectivity index (χ0v) is 23.6. The zero-order valence-electron chi connectivity index (χ0n) is 23.6. The van der Waals surface area contributed by atoms with Crippen molar-refractivity contribution in [1.29, 1.82) is 0 Å². The van der Waals surface area contributed by atoms with Crippen LogP contribution in [0.15, 0.2) is 91.3 Å². The van der Waals surface area contributed by atoms with E-state index in [0.717, 1.165) is 58.9 Å². The fraction of sp³-hybridized carbons (Fsp3) is 0.265. The molecule has 0 spiro atoms. The summed E-state index contributed by atoms with van der Waals surface area (Å²) >= 11 is 0. The number of ether oxygens (including phenoxy) is 2. The molecular formula is C34H35N3O3. The Balaban J connectivity index is 1.74. The summed E-state index contributed by atoms with van der Waals surface area (Å²) in [6.07, 6.45) is 4.15. The van der Waals surface area contributed by atoms with Gasteiger partial charge in [0.1, 0.15) is 11.4 Å². The van der Waals surface area contributed by atoms with Crippen LogP contribution in [0.3, 0.4) is 0 Å². The van der Waals surface area contributed by atoms with Crippen molar-refractivity contribution in [1.82, 2.24) is 8.97 Å². The van der Waals surface area contributed by atoms with E-state index in [1.807, 2.05) is 49.4 Å². The van der Waals surface area contributed by atoms with E-state index in [1.165, 1.54) is 0 Å². The molecule has 3 aromatic carbocycles. The van der Waals surface area contributed by atoms with Crippen molar-refractivity contribution in [2.45, 2.75) is 39.8 Å². The monoisotopic (exact) mass is 533 g/mol. The van der Waals surface area contributed by atoms with Crippen molar-refractivity contribution in [3.05, 3.63) is 114 Å². The van der Waals surface area contributed by atoms with E-state index in [2.05, 4.69) is 83.4 Å². The average molecular weight is 534 g/mol. The van der Waals surface area contributed by atoms with Crippen molar-refractivity contribution >= 4 is 17.3 Å². The summed E-state index contributed by atoms with van der Waals surface area (Å²) in [5, 5.41) is 0. The van der Waals surface area contributed by atoms with Crippen molar-refractivity contribution in [3.63, 3.8) is 0 Å². The van der Waals surface area contributed by atoms with Crippen molar-refractivity contribution < 1.29 is 14.3 Å². The van der Waals surface area contributed by atoms with E-state index in [4.69, 9.17) is 9.47 Å². The van der Waals surface area contributed by atoms with Gasteiger partial charge in [0.05, 0.1) is 17.9 Å². The second-order valence-electron chi connectivity index (χ2n) is 9.99. The fourth-order valence-corrected chi connectivity index (χ4v) is 6.15. The third-order valence-electron chi connectivity index (χ3n) is 8.01. The molecule has 0 amide bonds. The lowest BCUT2D eigenvalue weighted by atomic mass is 9.79. The average Bonchev–Trinajstić information content (AvgIpc) is 3.65. The second kappa shape index (κ2) is 10.3. The van der Waals surface area contributed by atoms with E-state index in [1.54, 1.807) is 0 Å². The van der Waals surface area contributed by atoms with Gasteiger partial charge >= 0.3 is 5.97 Å². The number of aromatic nitrogens is 2. The first-order valence-corrected chi connectivity index (χ1v) is 14.2. The number of nitrogens with zero attached hydrogens (tertiary/aromatic N) is 3. The summed E-state index contributed by atoms with van der Waals surface area (Å²) in [6.45, 7) is 11.5. The van der Waals surface area contributed by atoms with Gasteiger partial charge in [0.2, 0.25) is 5.60 Å². The highest BCUT2D eigenvalue weighted by Crippen LogP contribution is 2.53. The Morgan fingerprint density at radius 2 is 1.57 bits per heavy atom. The number of carbonyl (C=O) groups excluding carboxylic acids is 1. The van der Waals surface area contributed by atoms with Crippen LogP contribution in [-0.4, -0.2) is 34.6 Å². The molecule has 0 N–H and O–H groups in total. The molecule has 0 saturated heterocycles. The number of hydrogen-bond donors (Lipinski definition) is 0. The van der Waals surface area contributed by atoms with Crippen LogP contribution in [0.2, 0.25) is 0 Å². The minimum atomic E-state index is -1.22. The molecule has 6 nitrogen and oxygen atoms in total. The summed E-state index contributed by atoms with van der Waals surface area (Å²) in [5.74, 6) is 0.370. The SMILES string of the molecule is CCOc1cc(N(CC)CC)ccc1C1(c2c(-c3ccccc3)cc3n(CC)ccn23)OC(=O)c2ccccc21. The molecule has 6 rings (SSSR count). The molecular weight excluding hydrogens is 498 g/mol. The fourth-order valence-electron chi connectivity index (χ4n) is 6.15. The molecule has 1 unspecified atom stereocenters.